The van der Waals surface area contributed by atoms with E-state index in [1.54, 1.807) is 0 Å². The molecular weight excluding hydrogens is 232 g/mol. The SMILES string of the molecule is CC(C)CSCC(CCc1nccn1C)NN. The third-order valence-corrected chi connectivity index (χ3v) is 4.18. The molecule has 0 amide bonds. The molecular formula is C12H24N4S. The summed E-state index contributed by atoms with van der Waals surface area (Å²) in [5.74, 6) is 9.71. The lowest BCUT2D eigenvalue weighted by Crippen LogP contribution is -2.37. The van der Waals surface area contributed by atoms with Crippen LogP contribution in [-0.4, -0.2) is 27.1 Å². The molecule has 1 atom stereocenters. The first-order valence-corrected chi connectivity index (χ1v) is 7.29. The molecule has 1 aromatic rings. The molecule has 4 nitrogen and oxygen atoms in total. The lowest BCUT2D eigenvalue weighted by Gasteiger charge is -2.15. The Morgan fingerprint density at radius 1 is 1.47 bits per heavy atom. The van der Waals surface area contributed by atoms with Crippen LogP contribution in [0.25, 0.3) is 0 Å². The summed E-state index contributed by atoms with van der Waals surface area (Å²) in [5, 5.41) is 0. The topological polar surface area (TPSA) is 55.9 Å². The van der Waals surface area contributed by atoms with Crippen LogP contribution in [-0.2, 0) is 13.5 Å². The maximum absolute atomic E-state index is 5.58. The normalized spacial score (nSPS) is 13.2. The first-order valence-electron chi connectivity index (χ1n) is 6.13. The molecule has 0 radical (unpaired) electrons. The van der Waals surface area contributed by atoms with E-state index in [9.17, 15) is 0 Å². The summed E-state index contributed by atoms with van der Waals surface area (Å²) in [7, 11) is 2.03. The van der Waals surface area contributed by atoms with E-state index in [1.165, 1.54) is 5.75 Å². The Bertz CT molecular complexity index is 311. The van der Waals surface area contributed by atoms with Gasteiger partial charge in [-0.3, -0.25) is 11.3 Å². The van der Waals surface area contributed by atoms with Crippen LogP contribution in [0, 0.1) is 5.92 Å². The molecule has 0 spiro atoms. The number of nitrogens with zero attached hydrogens (tertiary/aromatic N) is 2. The van der Waals surface area contributed by atoms with Gasteiger partial charge in [0.1, 0.15) is 5.82 Å². The third-order valence-electron chi connectivity index (χ3n) is 2.64. The number of hydrogen-bond donors (Lipinski definition) is 2. The third kappa shape index (κ3) is 5.57. The summed E-state index contributed by atoms with van der Waals surface area (Å²) < 4.78 is 2.06. The van der Waals surface area contributed by atoms with Crippen LogP contribution in [0.4, 0.5) is 0 Å². The zero-order valence-corrected chi connectivity index (χ0v) is 11.8. The van der Waals surface area contributed by atoms with Gasteiger partial charge < -0.3 is 4.57 Å². The summed E-state index contributed by atoms with van der Waals surface area (Å²) in [4.78, 5) is 4.32. The maximum atomic E-state index is 5.58. The van der Waals surface area contributed by atoms with E-state index in [-0.39, 0.29) is 0 Å². The largest absolute Gasteiger partial charge is 0.338 e. The first kappa shape index (κ1) is 14.5. The second-order valence-corrected chi connectivity index (χ2v) is 5.86. The highest BCUT2D eigenvalue weighted by Crippen LogP contribution is 2.11. The number of hydrogen-bond acceptors (Lipinski definition) is 4. The summed E-state index contributed by atoms with van der Waals surface area (Å²) in [6.45, 7) is 4.48. The Morgan fingerprint density at radius 3 is 2.76 bits per heavy atom. The predicted molar refractivity (Wildman–Crippen MR) is 74.8 cm³/mol. The molecule has 98 valence electrons. The van der Waals surface area contributed by atoms with Crippen LogP contribution >= 0.6 is 11.8 Å². The summed E-state index contributed by atoms with van der Waals surface area (Å²) >= 11 is 1.97. The monoisotopic (exact) mass is 256 g/mol. The minimum atomic E-state index is 0.371. The predicted octanol–water partition coefficient (Wildman–Crippen LogP) is 1.57. The zero-order valence-electron chi connectivity index (χ0n) is 11.0. The van der Waals surface area contributed by atoms with Gasteiger partial charge in [0.2, 0.25) is 0 Å². The van der Waals surface area contributed by atoms with Gasteiger partial charge in [0, 0.05) is 37.7 Å². The van der Waals surface area contributed by atoms with E-state index in [2.05, 4.69) is 28.8 Å². The van der Waals surface area contributed by atoms with Crippen molar-refractivity contribution in [3.8, 4) is 0 Å². The molecule has 0 bridgehead atoms. The van der Waals surface area contributed by atoms with Crippen molar-refractivity contribution in [2.45, 2.75) is 32.7 Å². The molecule has 0 aromatic carbocycles. The van der Waals surface area contributed by atoms with Crippen molar-refractivity contribution in [2.24, 2.45) is 18.8 Å². The van der Waals surface area contributed by atoms with E-state index >= 15 is 0 Å². The number of rotatable bonds is 8. The fraction of sp³-hybridized carbons (Fsp3) is 0.750. The van der Waals surface area contributed by atoms with Crippen molar-refractivity contribution in [3.05, 3.63) is 18.2 Å². The number of aromatic nitrogens is 2. The molecule has 0 fully saturated rings. The average Bonchev–Trinajstić information content (AvgIpc) is 2.68. The molecule has 17 heavy (non-hydrogen) atoms. The van der Waals surface area contributed by atoms with Gasteiger partial charge in [-0.25, -0.2) is 4.98 Å². The summed E-state index contributed by atoms with van der Waals surface area (Å²) in [6.07, 6.45) is 5.83. The summed E-state index contributed by atoms with van der Waals surface area (Å²) in [5.41, 5.74) is 2.90. The smallest absolute Gasteiger partial charge is 0.108 e. The molecule has 1 aromatic heterocycles. The Hall–Kier alpha value is -0.520. The van der Waals surface area contributed by atoms with Gasteiger partial charge in [0.15, 0.2) is 0 Å². The van der Waals surface area contributed by atoms with Gasteiger partial charge >= 0.3 is 0 Å². The van der Waals surface area contributed by atoms with E-state index in [4.69, 9.17) is 5.84 Å². The number of imidazole rings is 1. The van der Waals surface area contributed by atoms with Crippen LogP contribution in [0.15, 0.2) is 12.4 Å². The van der Waals surface area contributed by atoms with Crippen molar-refractivity contribution < 1.29 is 0 Å². The highest BCUT2D eigenvalue weighted by Gasteiger charge is 2.09. The van der Waals surface area contributed by atoms with Gasteiger partial charge in [0.05, 0.1) is 0 Å². The molecule has 0 aliphatic heterocycles. The lowest BCUT2D eigenvalue weighted by atomic mass is 10.2. The lowest BCUT2D eigenvalue weighted by molar-refractivity contribution is 0.527. The Morgan fingerprint density at radius 2 is 2.24 bits per heavy atom. The standard InChI is InChI=1S/C12H24N4S/c1-10(2)8-17-9-11(15-13)4-5-12-14-6-7-16(12)3/h6-7,10-11,15H,4-5,8-9,13H2,1-3H3. The van der Waals surface area contributed by atoms with Crippen molar-refractivity contribution >= 4 is 11.8 Å². The van der Waals surface area contributed by atoms with Crippen LogP contribution < -0.4 is 11.3 Å². The zero-order chi connectivity index (χ0) is 12.7. The molecule has 5 heteroatoms. The molecule has 1 heterocycles. The minimum Gasteiger partial charge on any atom is -0.338 e. The molecule has 0 aliphatic carbocycles. The van der Waals surface area contributed by atoms with Gasteiger partial charge in [-0.2, -0.15) is 11.8 Å². The van der Waals surface area contributed by atoms with Gasteiger partial charge in [-0.15, -0.1) is 0 Å². The number of thioether (sulfide) groups is 1. The Labute approximate surface area is 108 Å². The highest BCUT2D eigenvalue weighted by molar-refractivity contribution is 7.99. The second kappa shape index (κ2) is 7.74. The van der Waals surface area contributed by atoms with Crippen LogP contribution in [0.5, 0.6) is 0 Å². The van der Waals surface area contributed by atoms with Gasteiger partial charge in [-0.05, 0) is 18.1 Å². The number of nitrogens with one attached hydrogen (secondary N) is 1. The summed E-state index contributed by atoms with van der Waals surface area (Å²) in [6, 6.07) is 0.371. The molecule has 0 aliphatic rings. The number of hydrazine groups is 1. The number of nitrogens with two attached hydrogens (primary N) is 1. The fourth-order valence-corrected chi connectivity index (χ4v) is 2.76. The quantitative estimate of drug-likeness (QED) is 0.547. The second-order valence-electron chi connectivity index (χ2n) is 4.79. The molecule has 0 saturated carbocycles. The van der Waals surface area contributed by atoms with Gasteiger partial charge in [0.25, 0.3) is 0 Å². The molecule has 1 unspecified atom stereocenters. The fourth-order valence-electron chi connectivity index (χ4n) is 1.60. The molecule has 3 N–H and O–H groups in total. The van der Waals surface area contributed by atoms with Crippen molar-refractivity contribution in [1.82, 2.24) is 15.0 Å². The number of aryl methyl sites for hydroxylation is 2. The average molecular weight is 256 g/mol. The first-order chi connectivity index (χ1) is 8.13. The van der Waals surface area contributed by atoms with Crippen LogP contribution in [0.1, 0.15) is 26.1 Å². The van der Waals surface area contributed by atoms with E-state index in [1.807, 2.05) is 31.2 Å². The Kier molecular flexibility index (Phi) is 6.62. The highest BCUT2D eigenvalue weighted by atomic mass is 32.2. The Balaban J connectivity index is 2.25. The molecule has 1 rings (SSSR count). The van der Waals surface area contributed by atoms with Crippen molar-refractivity contribution in [2.75, 3.05) is 11.5 Å². The van der Waals surface area contributed by atoms with Crippen molar-refractivity contribution in [3.63, 3.8) is 0 Å². The minimum absolute atomic E-state index is 0.371. The molecule has 0 saturated heterocycles. The maximum Gasteiger partial charge on any atom is 0.108 e. The van der Waals surface area contributed by atoms with Crippen LogP contribution in [0.3, 0.4) is 0 Å². The van der Waals surface area contributed by atoms with Crippen molar-refractivity contribution in [1.29, 1.82) is 0 Å². The van der Waals surface area contributed by atoms with Crippen LogP contribution in [0.2, 0.25) is 0 Å². The van der Waals surface area contributed by atoms with E-state index < -0.39 is 0 Å². The van der Waals surface area contributed by atoms with E-state index in [0.29, 0.717) is 6.04 Å². The van der Waals surface area contributed by atoms with E-state index in [0.717, 1.165) is 30.3 Å². The van der Waals surface area contributed by atoms with Gasteiger partial charge in [-0.1, -0.05) is 13.8 Å².